The minimum absolute atomic E-state index is 0.0869. The van der Waals surface area contributed by atoms with Crippen LogP contribution in [0.4, 0.5) is 0 Å². The number of carbonyl (C=O) groups excluding carboxylic acids is 1. The van der Waals surface area contributed by atoms with Crippen molar-refractivity contribution in [3.8, 4) is 0 Å². The van der Waals surface area contributed by atoms with Gasteiger partial charge >= 0.3 is 0 Å². The molecule has 0 bridgehead atoms. The Hall–Kier alpha value is -2.21. The molecule has 94 valence electrons. The molecular weight excluding hydrogens is 232 g/mol. The molecule has 6 heteroatoms. The first-order valence-corrected chi connectivity index (χ1v) is 5.61. The highest BCUT2D eigenvalue weighted by Crippen LogP contribution is 2.07. The van der Waals surface area contributed by atoms with E-state index in [1.807, 2.05) is 30.3 Å². The summed E-state index contributed by atoms with van der Waals surface area (Å²) in [4.78, 5) is 13.6. The van der Waals surface area contributed by atoms with Crippen molar-refractivity contribution in [1.29, 1.82) is 0 Å². The van der Waals surface area contributed by atoms with Crippen molar-refractivity contribution >= 4 is 5.91 Å². The number of aromatic nitrogens is 3. The lowest BCUT2D eigenvalue weighted by Gasteiger charge is -2.20. The zero-order valence-corrected chi connectivity index (χ0v) is 9.78. The standard InChI is InChI=1S/C12H14N4O2/c17-7-6-16(9-10-4-2-1-3-5-10)12(18)11-8-13-15-14-11/h1-5,8,17H,6-7,9H2,(H,13,14,15). The van der Waals surface area contributed by atoms with Gasteiger partial charge in [0.25, 0.3) is 5.91 Å². The SMILES string of the molecule is O=C(c1cn[nH]n1)N(CCO)Cc1ccccc1. The third-order valence-corrected chi connectivity index (χ3v) is 2.51. The highest BCUT2D eigenvalue weighted by Gasteiger charge is 2.17. The maximum Gasteiger partial charge on any atom is 0.276 e. The predicted octanol–water partition coefficient (Wildman–Crippen LogP) is 0.439. The number of aliphatic hydroxyl groups excluding tert-OH is 1. The number of hydrogen-bond donors (Lipinski definition) is 2. The van der Waals surface area contributed by atoms with E-state index < -0.39 is 0 Å². The molecule has 2 rings (SSSR count). The van der Waals surface area contributed by atoms with Gasteiger partial charge in [0, 0.05) is 13.1 Å². The highest BCUT2D eigenvalue weighted by molar-refractivity contribution is 5.91. The Morgan fingerprint density at radius 3 is 2.72 bits per heavy atom. The number of rotatable bonds is 5. The van der Waals surface area contributed by atoms with E-state index in [9.17, 15) is 4.79 Å². The first-order chi connectivity index (χ1) is 8.81. The van der Waals surface area contributed by atoms with Crippen LogP contribution in [-0.4, -0.2) is 44.5 Å². The van der Waals surface area contributed by atoms with Gasteiger partial charge in [-0.1, -0.05) is 30.3 Å². The van der Waals surface area contributed by atoms with E-state index in [2.05, 4.69) is 15.4 Å². The summed E-state index contributed by atoms with van der Waals surface area (Å²) in [6.07, 6.45) is 1.37. The van der Waals surface area contributed by atoms with Gasteiger partial charge in [-0.3, -0.25) is 4.79 Å². The summed E-state index contributed by atoms with van der Waals surface area (Å²) in [6, 6.07) is 9.60. The Bertz CT molecular complexity index is 484. The van der Waals surface area contributed by atoms with E-state index in [1.165, 1.54) is 11.1 Å². The van der Waals surface area contributed by atoms with Crippen molar-refractivity contribution in [3.05, 3.63) is 47.8 Å². The molecule has 1 aromatic heterocycles. The van der Waals surface area contributed by atoms with E-state index in [1.54, 1.807) is 0 Å². The molecule has 18 heavy (non-hydrogen) atoms. The first-order valence-electron chi connectivity index (χ1n) is 5.61. The quantitative estimate of drug-likeness (QED) is 0.802. The number of hydrogen-bond acceptors (Lipinski definition) is 4. The minimum Gasteiger partial charge on any atom is -0.395 e. The second-order valence-electron chi connectivity index (χ2n) is 3.79. The molecule has 6 nitrogen and oxygen atoms in total. The van der Waals surface area contributed by atoms with Gasteiger partial charge in [-0.25, -0.2) is 0 Å². The summed E-state index contributed by atoms with van der Waals surface area (Å²) in [5.74, 6) is -0.248. The number of nitrogens with zero attached hydrogens (tertiary/aromatic N) is 3. The summed E-state index contributed by atoms with van der Waals surface area (Å²) in [5, 5.41) is 18.8. The third kappa shape index (κ3) is 2.92. The molecule has 0 aliphatic rings. The Morgan fingerprint density at radius 2 is 2.11 bits per heavy atom. The molecule has 2 aromatic rings. The monoisotopic (exact) mass is 246 g/mol. The Balaban J connectivity index is 2.11. The lowest BCUT2D eigenvalue weighted by molar-refractivity contribution is 0.0702. The van der Waals surface area contributed by atoms with E-state index in [4.69, 9.17) is 5.11 Å². The van der Waals surface area contributed by atoms with Crippen LogP contribution in [0.25, 0.3) is 0 Å². The van der Waals surface area contributed by atoms with Crippen molar-refractivity contribution in [1.82, 2.24) is 20.3 Å². The molecule has 0 fully saturated rings. The average Bonchev–Trinajstić information content (AvgIpc) is 2.92. The van der Waals surface area contributed by atoms with Crippen molar-refractivity contribution in [2.45, 2.75) is 6.54 Å². The zero-order valence-electron chi connectivity index (χ0n) is 9.78. The second kappa shape index (κ2) is 5.92. The van der Waals surface area contributed by atoms with Crippen LogP contribution >= 0.6 is 0 Å². The molecule has 0 saturated heterocycles. The second-order valence-corrected chi connectivity index (χ2v) is 3.79. The summed E-state index contributed by atoms with van der Waals surface area (Å²) in [7, 11) is 0. The fraction of sp³-hybridized carbons (Fsp3) is 0.250. The van der Waals surface area contributed by atoms with Crippen LogP contribution in [0.2, 0.25) is 0 Å². The zero-order chi connectivity index (χ0) is 12.8. The van der Waals surface area contributed by atoms with Crippen LogP contribution in [-0.2, 0) is 6.54 Å². The summed E-state index contributed by atoms with van der Waals surface area (Å²) in [6.45, 7) is 0.615. The molecule has 2 N–H and O–H groups in total. The summed E-state index contributed by atoms with van der Waals surface area (Å²) < 4.78 is 0. The largest absolute Gasteiger partial charge is 0.395 e. The van der Waals surface area contributed by atoms with Gasteiger partial charge in [-0.2, -0.15) is 15.4 Å². The minimum atomic E-state index is -0.248. The maximum absolute atomic E-state index is 12.1. The number of carbonyl (C=O) groups is 1. The van der Waals surface area contributed by atoms with Gasteiger partial charge in [-0.05, 0) is 5.56 Å². The number of amides is 1. The van der Waals surface area contributed by atoms with Crippen LogP contribution in [0.3, 0.4) is 0 Å². The molecule has 0 unspecified atom stereocenters. The number of aromatic amines is 1. The summed E-state index contributed by atoms with van der Waals surface area (Å²) >= 11 is 0. The van der Waals surface area contributed by atoms with Gasteiger partial charge in [0.15, 0.2) is 5.69 Å². The lowest BCUT2D eigenvalue weighted by atomic mass is 10.2. The number of H-pyrrole nitrogens is 1. The molecule has 0 radical (unpaired) electrons. The van der Waals surface area contributed by atoms with Crippen LogP contribution in [0.15, 0.2) is 36.5 Å². The van der Waals surface area contributed by atoms with Crippen LogP contribution in [0.1, 0.15) is 16.1 Å². The predicted molar refractivity (Wildman–Crippen MR) is 64.7 cm³/mol. The normalized spacial score (nSPS) is 10.3. The summed E-state index contributed by atoms with van der Waals surface area (Å²) in [5.41, 5.74) is 1.25. The molecular formula is C12H14N4O2. The third-order valence-electron chi connectivity index (χ3n) is 2.51. The maximum atomic E-state index is 12.1. The molecule has 0 atom stereocenters. The van der Waals surface area contributed by atoms with Gasteiger partial charge in [0.1, 0.15) is 0 Å². The Labute approximate surface area is 104 Å². The van der Waals surface area contributed by atoms with Crippen LogP contribution < -0.4 is 0 Å². The lowest BCUT2D eigenvalue weighted by Crippen LogP contribution is -2.33. The topological polar surface area (TPSA) is 82.1 Å². The van der Waals surface area contributed by atoms with Crippen molar-refractivity contribution in [3.63, 3.8) is 0 Å². The fourth-order valence-electron chi connectivity index (χ4n) is 1.64. The van der Waals surface area contributed by atoms with Crippen LogP contribution in [0.5, 0.6) is 0 Å². The van der Waals surface area contributed by atoms with Crippen LogP contribution in [0, 0.1) is 0 Å². The molecule has 0 spiro atoms. The Morgan fingerprint density at radius 1 is 1.33 bits per heavy atom. The number of nitrogens with one attached hydrogen (secondary N) is 1. The molecule has 0 aliphatic carbocycles. The van der Waals surface area contributed by atoms with Crippen molar-refractivity contribution in [2.75, 3.05) is 13.2 Å². The van der Waals surface area contributed by atoms with Gasteiger partial charge < -0.3 is 10.0 Å². The Kier molecular flexibility index (Phi) is 4.03. The molecule has 1 amide bonds. The molecule has 0 aliphatic heterocycles. The smallest absolute Gasteiger partial charge is 0.276 e. The van der Waals surface area contributed by atoms with E-state index >= 15 is 0 Å². The molecule has 1 heterocycles. The van der Waals surface area contributed by atoms with Gasteiger partial charge in [0.05, 0.1) is 12.8 Å². The fourth-order valence-corrected chi connectivity index (χ4v) is 1.64. The molecule has 0 saturated carbocycles. The highest BCUT2D eigenvalue weighted by atomic mass is 16.3. The van der Waals surface area contributed by atoms with E-state index in [-0.39, 0.29) is 24.8 Å². The van der Waals surface area contributed by atoms with Crippen molar-refractivity contribution in [2.24, 2.45) is 0 Å². The number of benzene rings is 1. The van der Waals surface area contributed by atoms with E-state index in [0.29, 0.717) is 6.54 Å². The average molecular weight is 246 g/mol. The van der Waals surface area contributed by atoms with Gasteiger partial charge in [-0.15, -0.1) is 0 Å². The number of aliphatic hydroxyl groups is 1. The van der Waals surface area contributed by atoms with E-state index in [0.717, 1.165) is 5.56 Å². The van der Waals surface area contributed by atoms with Crippen molar-refractivity contribution < 1.29 is 9.90 Å². The van der Waals surface area contributed by atoms with Gasteiger partial charge in [0.2, 0.25) is 0 Å². The first kappa shape index (κ1) is 12.3. The molecule has 1 aromatic carbocycles.